The van der Waals surface area contributed by atoms with E-state index in [1.807, 2.05) is 31.2 Å². The number of carbonyl (C=O) groups is 1. The second kappa shape index (κ2) is 4.39. The number of carbonyl (C=O) groups excluding carboxylic acids is 1. The zero-order chi connectivity index (χ0) is 13.4. The van der Waals surface area contributed by atoms with E-state index >= 15 is 0 Å². The summed E-state index contributed by atoms with van der Waals surface area (Å²) < 4.78 is 19.2. The molecule has 0 bridgehead atoms. The number of hydrogen-bond donors (Lipinski definition) is 1. The number of hydrogen-bond acceptors (Lipinski definition) is 2. The van der Waals surface area contributed by atoms with Gasteiger partial charge in [0.05, 0.1) is 5.69 Å². The van der Waals surface area contributed by atoms with Crippen molar-refractivity contribution in [3.63, 3.8) is 0 Å². The fourth-order valence-corrected chi connectivity index (χ4v) is 2.06. The molecule has 1 aliphatic rings. The van der Waals surface area contributed by atoms with Gasteiger partial charge >= 0.3 is 0 Å². The van der Waals surface area contributed by atoms with E-state index < -0.39 is 0 Å². The summed E-state index contributed by atoms with van der Waals surface area (Å²) in [5.41, 5.74) is 2.84. The molecule has 0 fully saturated rings. The van der Waals surface area contributed by atoms with Crippen LogP contribution in [-0.4, -0.2) is 12.5 Å². The minimum absolute atomic E-state index is 0.0731. The molecule has 19 heavy (non-hydrogen) atoms. The van der Waals surface area contributed by atoms with Gasteiger partial charge in [0.15, 0.2) is 6.61 Å². The maximum absolute atomic E-state index is 14.1. The molecule has 0 unspecified atom stereocenters. The number of rotatable bonds is 1. The first-order chi connectivity index (χ1) is 9.13. The fraction of sp³-hybridized carbons (Fsp3) is 0.133. The number of halogens is 1. The number of fused-ring (bicyclic) bond motifs is 1. The molecule has 2 aromatic rings. The molecule has 0 spiro atoms. The Morgan fingerprint density at radius 3 is 2.68 bits per heavy atom. The highest BCUT2D eigenvalue weighted by Gasteiger charge is 2.19. The number of ether oxygens (including phenoxy) is 1. The van der Waals surface area contributed by atoms with Gasteiger partial charge in [-0.25, -0.2) is 4.39 Å². The van der Waals surface area contributed by atoms with Crippen molar-refractivity contribution in [1.29, 1.82) is 0 Å². The molecule has 2 aromatic carbocycles. The van der Waals surface area contributed by atoms with Crippen molar-refractivity contribution in [3.05, 3.63) is 47.8 Å². The van der Waals surface area contributed by atoms with Gasteiger partial charge in [-0.3, -0.25) is 4.79 Å². The van der Waals surface area contributed by atoms with E-state index in [4.69, 9.17) is 4.74 Å². The van der Waals surface area contributed by atoms with Gasteiger partial charge in [0.25, 0.3) is 5.91 Å². The summed E-state index contributed by atoms with van der Waals surface area (Å²) in [4.78, 5) is 11.3. The second-order valence-electron chi connectivity index (χ2n) is 4.53. The average Bonchev–Trinajstić information content (AvgIpc) is 2.40. The zero-order valence-electron chi connectivity index (χ0n) is 10.4. The van der Waals surface area contributed by atoms with E-state index in [-0.39, 0.29) is 18.3 Å². The lowest BCUT2D eigenvalue weighted by Crippen LogP contribution is -2.25. The molecule has 0 atom stereocenters. The Bertz CT molecular complexity index is 650. The van der Waals surface area contributed by atoms with E-state index in [1.54, 1.807) is 6.07 Å². The summed E-state index contributed by atoms with van der Waals surface area (Å²) in [5.74, 6) is -0.222. The van der Waals surface area contributed by atoms with Crippen molar-refractivity contribution < 1.29 is 13.9 Å². The van der Waals surface area contributed by atoms with Gasteiger partial charge in [-0.15, -0.1) is 0 Å². The molecule has 0 radical (unpaired) electrons. The number of benzene rings is 2. The first-order valence-electron chi connectivity index (χ1n) is 5.97. The van der Waals surface area contributed by atoms with Crippen molar-refractivity contribution in [1.82, 2.24) is 0 Å². The summed E-state index contributed by atoms with van der Waals surface area (Å²) in [5, 5.41) is 2.68. The maximum Gasteiger partial charge on any atom is 0.262 e. The molecule has 96 valence electrons. The van der Waals surface area contributed by atoms with Gasteiger partial charge in [-0.05, 0) is 18.6 Å². The van der Waals surface area contributed by atoms with E-state index in [1.165, 1.54) is 6.07 Å². The Hall–Kier alpha value is -2.36. The summed E-state index contributed by atoms with van der Waals surface area (Å²) >= 11 is 0. The Labute approximate surface area is 110 Å². The summed E-state index contributed by atoms with van der Waals surface area (Å²) in [6, 6.07) is 10.5. The lowest BCUT2D eigenvalue weighted by Gasteiger charge is -2.19. The van der Waals surface area contributed by atoms with E-state index in [0.29, 0.717) is 17.0 Å². The molecule has 4 heteroatoms. The van der Waals surface area contributed by atoms with Gasteiger partial charge < -0.3 is 10.1 Å². The van der Waals surface area contributed by atoms with Crippen LogP contribution in [0.25, 0.3) is 11.1 Å². The highest BCUT2D eigenvalue weighted by atomic mass is 19.1. The quantitative estimate of drug-likeness (QED) is 0.852. The third kappa shape index (κ3) is 2.17. The molecule has 1 heterocycles. The Kier molecular flexibility index (Phi) is 2.71. The van der Waals surface area contributed by atoms with Crippen LogP contribution in [0, 0.1) is 12.7 Å². The van der Waals surface area contributed by atoms with E-state index in [9.17, 15) is 9.18 Å². The predicted molar refractivity (Wildman–Crippen MR) is 70.7 cm³/mol. The van der Waals surface area contributed by atoms with Crippen LogP contribution in [0.4, 0.5) is 10.1 Å². The molecule has 0 aromatic heterocycles. The number of anilines is 1. The molecule has 0 saturated carbocycles. The van der Waals surface area contributed by atoms with Crippen molar-refractivity contribution in [3.8, 4) is 16.9 Å². The van der Waals surface area contributed by atoms with Crippen molar-refractivity contribution >= 4 is 11.6 Å². The minimum atomic E-state index is -0.362. The third-order valence-electron chi connectivity index (χ3n) is 3.06. The Morgan fingerprint density at radius 1 is 1.21 bits per heavy atom. The highest BCUT2D eigenvalue weighted by molar-refractivity contribution is 5.96. The molecule has 0 saturated heterocycles. The van der Waals surface area contributed by atoms with Crippen LogP contribution in [0.1, 0.15) is 5.56 Å². The number of aryl methyl sites for hydroxylation is 1. The first kappa shape index (κ1) is 11.7. The second-order valence-corrected chi connectivity index (χ2v) is 4.53. The molecule has 0 aliphatic carbocycles. The van der Waals surface area contributed by atoms with Gasteiger partial charge in [-0.1, -0.05) is 29.8 Å². The molecule has 3 nitrogen and oxygen atoms in total. The largest absolute Gasteiger partial charge is 0.481 e. The van der Waals surface area contributed by atoms with Crippen molar-refractivity contribution in [2.24, 2.45) is 0 Å². The summed E-state index contributed by atoms with van der Waals surface area (Å²) in [7, 11) is 0. The smallest absolute Gasteiger partial charge is 0.262 e. The lowest BCUT2D eigenvalue weighted by atomic mass is 10.0. The van der Waals surface area contributed by atoms with Crippen LogP contribution in [0.15, 0.2) is 36.4 Å². The Morgan fingerprint density at radius 2 is 1.95 bits per heavy atom. The van der Waals surface area contributed by atoms with Gasteiger partial charge in [0.1, 0.15) is 11.6 Å². The summed E-state index contributed by atoms with van der Waals surface area (Å²) in [6.45, 7) is 1.90. The SMILES string of the molecule is Cc1ccc(-c2cc3c(cc2F)OCC(=O)N3)cc1. The molecule has 1 aliphatic heterocycles. The maximum atomic E-state index is 14.1. The van der Waals surface area contributed by atoms with Gasteiger partial charge in [-0.2, -0.15) is 0 Å². The van der Waals surface area contributed by atoms with Crippen LogP contribution in [0.3, 0.4) is 0 Å². The standard InChI is InChI=1S/C15H12FNO2/c1-9-2-4-10(5-3-9)11-6-13-14(7-12(11)16)19-8-15(18)17-13/h2-7H,8H2,1H3,(H,17,18). The number of nitrogens with one attached hydrogen (secondary N) is 1. The van der Waals surface area contributed by atoms with Gasteiger partial charge in [0.2, 0.25) is 0 Å². The van der Waals surface area contributed by atoms with Crippen LogP contribution < -0.4 is 10.1 Å². The monoisotopic (exact) mass is 257 g/mol. The van der Waals surface area contributed by atoms with Crippen LogP contribution in [0.2, 0.25) is 0 Å². The topological polar surface area (TPSA) is 38.3 Å². The van der Waals surface area contributed by atoms with E-state index in [0.717, 1.165) is 11.1 Å². The number of amides is 1. The lowest BCUT2D eigenvalue weighted by molar-refractivity contribution is -0.118. The van der Waals surface area contributed by atoms with Gasteiger partial charge in [0, 0.05) is 11.6 Å². The highest BCUT2D eigenvalue weighted by Crippen LogP contribution is 2.35. The Balaban J connectivity index is 2.09. The van der Waals surface area contributed by atoms with Crippen LogP contribution >= 0.6 is 0 Å². The predicted octanol–water partition coefficient (Wildman–Crippen LogP) is 3.13. The molecule has 3 rings (SSSR count). The van der Waals surface area contributed by atoms with E-state index in [2.05, 4.69) is 5.32 Å². The van der Waals surface area contributed by atoms with Crippen LogP contribution in [0.5, 0.6) is 5.75 Å². The average molecular weight is 257 g/mol. The fourth-order valence-electron chi connectivity index (χ4n) is 2.06. The van der Waals surface area contributed by atoms with Crippen molar-refractivity contribution in [2.75, 3.05) is 11.9 Å². The third-order valence-corrected chi connectivity index (χ3v) is 3.06. The zero-order valence-corrected chi connectivity index (χ0v) is 10.4. The normalized spacial score (nSPS) is 13.5. The van der Waals surface area contributed by atoms with Crippen LogP contribution in [-0.2, 0) is 4.79 Å². The molecule has 1 amide bonds. The minimum Gasteiger partial charge on any atom is -0.481 e. The molecular formula is C15H12FNO2. The molecular weight excluding hydrogens is 245 g/mol. The van der Waals surface area contributed by atoms with Crippen molar-refractivity contribution in [2.45, 2.75) is 6.92 Å². The molecule has 1 N–H and O–H groups in total. The first-order valence-corrected chi connectivity index (χ1v) is 5.97. The summed E-state index contributed by atoms with van der Waals surface area (Å²) in [6.07, 6.45) is 0.